The van der Waals surface area contributed by atoms with E-state index in [1.165, 1.54) is 11.3 Å². The molecule has 0 aliphatic heterocycles. The Labute approximate surface area is 219 Å². The van der Waals surface area contributed by atoms with Crippen LogP contribution in [0, 0.1) is 11.3 Å². The fourth-order valence-electron chi connectivity index (χ4n) is 2.84. The summed E-state index contributed by atoms with van der Waals surface area (Å²) in [6, 6.07) is 20.4. The zero-order chi connectivity index (χ0) is 24.0. The lowest BCUT2D eigenvalue weighted by Gasteiger charge is -2.01. The number of carboxylic acids is 1. The van der Waals surface area contributed by atoms with Crippen LogP contribution < -0.4 is 0 Å². The molecule has 0 spiro atoms. The molecule has 0 fully saturated rings. The Hall–Kier alpha value is -2.04. The van der Waals surface area contributed by atoms with Gasteiger partial charge in [0.15, 0.2) is 0 Å². The van der Waals surface area contributed by atoms with Crippen molar-refractivity contribution in [3.8, 4) is 27.0 Å². The first kappa shape index (κ1) is 25.6. The fraction of sp³-hybridized carbons (Fsp3) is 0.0833. The molecule has 4 aromatic rings. The summed E-state index contributed by atoms with van der Waals surface area (Å²) < 4.78 is 0. The minimum atomic E-state index is -0.833. The first-order chi connectivity index (χ1) is 15.8. The number of benzene rings is 2. The largest absolute Gasteiger partial charge is 0.481 e. The predicted octanol–water partition coefficient (Wildman–Crippen LogP) is 9.14. The van der Waals surface area contributed by atoms with Gasteiger partial charge in [0.25, 0.3) is 0 Å². The van der Waals surface area contributed by atoms with Gasteiger partial charge in [-0.1, -0.05) is 58.5 Å². The van der Waals surface area contributed by atoms with Crippen molar-refractivity contribution in [2.45, 2.75) is 12.8 Å². The van der Waals surface area contributed by atoms with E-state index in [4.69, 9.17) is 56.8 Å². The van der Waals surface area contributed by atoms with Gasteiger partial charge in [-0.05, 0) is 48.5 Å². The lowest BCUT2D eigenvalue weighted by atomic mass is 10.2. The number of thiophene rings is 2. The first-order valence-electron chi connectivity index (χ1n) is 9.44. The maximum Gasteiger partial charge on any atom is 0.308 e. The molecule has 168 valence electrons. The van der Waals surface area contributed by atoms with Crippen molar-refractivity contribution in [1.82, 2.24) is 0 Å². The number of nitriles is 1. The van der Waals surface area contributed by atoms with Crippen LogP contribution >= 0.6 is 69.1 Å². The highest BCUT2D eigenvalue weighted by Gasteiger charge is 2.09. The standard InChI is InChI=1S/C12H7Cl2NS.C12H8Cl2O2S/c13-8-1-3-10(11(14)7-8)12-4-2-9(16-12)5-6-15;13-7-1-3-9(10(14)5-7)11-4-2-8(17-11)6-12(15)16/h1-4,7H,5H2;1-5H,6H2,(H,15,16). The zero-order valence-electron chi connectivity index (χ0n) is 16.8. The average Bonchev–Trinajstić information content (AvgIpc) is 3.38. The van der Waals surface area contributed by atoms with Crippen LogP contribution in [0.3, 0.4) is 0 Å². The van der Waals surface area contributed by atoms with E-state index in [2.05, 4.69) is 6.07 Å². The Balaban J connectivity index is 0.000000186. The number of aliphatic carboxylic acids is 1. The molecule has 1 N–H and O–H groups in total. The summed E-state index contributed by atoms with van der Waals surface area (Å²) in [5.74, 6) is -0.833. The number of carbonyl (C=O) groups is 1. The number of halogens is 4. The number of carboxylic acid groups (broad SMARTS) is 1. The molecule has 33 heavy (non-hydrogen) atoms. The summed E-state index contributed by atoms with van der Waals surface area (Å²) in [4.78, 5) is 14.4. The summed E-state index contributed by atoms with van der Waals surface area (Å²) in [5, 5.41) is 19.7. The fourth-order valence-corrected chi connectivity index (χ4v) is 5.99. The summed E-state index contributed by atoms with van der Waals surface area (Å²) in [6.07, 6.45) is 0.478. The third kappa shape index (κ3) is 7.22. The molecule has 0 aliphatic rings. The molecule has 0 atom stereocenters. The SMILES string of the molecule is N#CCc1ccc(-c2ccc(Cl)cc2Cl)s1.O=C(O)Cc1ccc(-c2ccc(Cl)cc2Cl)s1. The van der Waals surface area contributed by atoms with E-state index >= 15 is 0 Å². The molecule has 9 heteroatoms. The lowest BCUT2D eigenvalue weighted by Crippen LogP contribution is -1.96. The second kappa shape index (κ2) is 11.9. The van der Waals surface area contributed by atoms with Crippen molar-refractivity contribution < 1.29 is 9.90 Å². The minimum Gasteiger partial charge on any atom is -0.481 e. The highest BCUT2D eigenvalue weighted by Crippen LogP contribution is 2.36. The van der Waals surface area contributed by atoms with E-state index in [-0.39, 0.29) is 6.42 Å². The predicted molar refractivity (Wildman–Crippen MR) is 140 cm³/mol. The Bertz CT molecular complexity index is 1320. The second-order valence-electron chi connectivity index (χ2n) is 6.69. The van der Waals surface area contributed by atoms with Crippen molar-refractivity contribution in [2.24, 2.45) is 0 Å². The molecule has 4 rings (SSSR count). The second-order valence-corrected chi connectivity index (χ2v) is 10.7. The van der Waals surface area contributed by atoms with Crippen molar-refractivity contribution in [3.63, 3.8) is 0 Å². The minimum absolute atomic E-state index is 0.0376. The molecule has 0 aliphatic carbocycles. The van der Waals surface area contributed by atoms with Crippen molar-refractivity contribution >= 4 is 75.0 Å². The van der Waals surface area contributed by atoms with E-state index in [0.717, 1.165) is 30.6 Å². The van der Waals surface area contributed by atoms with Crippen LogP contribution in [-0.4, -0.2) is 11.1 Å². The van der Waals surface area contributed by atoms with E-state index in [0.29, 0.717) is 26.5 Å². The monoisotopic (exact) mass is 553 g/mol. The van der Waals surface area contributed by atoms with Crippen LogP contribution in [0.4, 0.5) is 0 Å². The van der Waals surface area contributed by atoms with Gasteiger partial charge in [-0.2, -0.15) is 5.26 Å². The molecule has 0 saturated heterocycles. The molecular weight excluding hydrogens is 540 g/mol. The summed E-state index contributed by atoms with van der Waals surface area (Å²) in [7, 11) is 0. The van der Waals surface area contributed by atoms with Gasteiger partial charge < -0.3 is 5.11 Å². The van der Waals surface area contributed by atoms with Gasteiger partial charge in [0.2, 0.25) is 0 Å². The van der Waals surface area contributed by atoms with Gasteiger partial charge in [-0.15, -0.1) is 22.7 Å². The van der Waals surface area contributed by atoms with Crippen LogP contribution in [0.15, 0.2) is 60.7 Å². The molecule has 0 unspecified atom stereocenters. The topological polar surface area (TPSA) is 61.1 Å². The molecule has 0 radical (unpaired) electrons. The Kier molecular flexibility index (Phi) is 9.22. The van der Waals surface area contributed by atoms with E-state index < -0.39 is 5.97 Å². The van der Waals surface area contributed by atoms with Crippen molar-refractivity contribution in [1.29, 1.82) is 5.26 Å². The molecule has 2 aromatic heterocycles. The molecule has 3 nitrogen and oxygen atoms in total. The van der Waals surface area contributed by atoms with Gasteiger partial charge in [0.1, 0.15) is 0 Å². The Morgan fingerprint density at radius 1 is 0.788 bits per heavy atom. The van der Waals surface area contributed by atoms with Crippen LogP contribution in [0.2, 0.25) is 20.1 Å². The average molecular weight is 555 g/mol. The van der Waals surface area contributed by atoms with Crippen LogP contribution in [0.1, 0.15) is 9.75 Å². The molecule has 2 aromatic carbocycles. The van der Waals surface area contributed by atoms with E-state index in [1.54, 1.807) is 35.6 Å². The lowest BCUT2D eigenvalue weighted by molar-refractivity contribution is -0.136. The first-order valence-corrected chi connectivity index (χ1v) is 12.6. The van der Waals surface area contributed by atoms with Crippen LogP contribution in [-0.2, 0) is 17.6 Å². The quantitative estimate of drug-likeness (QED) is 0.267. The van der Waals surface area contributed by atoms with Crippen LogP contribution in [0.25, 0.3) is 20.9 Å². The maximum absolute atomic E-state index is 10.6. The summed E-state index contributed by atoms with van der Waals surface area (Å²) >= 11 is 26.9. The smallest absolute Gasteiger partial charge is 0.308 e. The molecule has 0 saturated carbocycles. The number of hydrogen-bond donors (Lipinski definition) is 1. The van der Waals surface area contributed by atoms with Gasteiger partial charge in [0, 0.05) is 40.7 Å². The third-order valence-corrected chi connectivity index (χ3v) is 7.63. The number of hydrogen-bond acceptors (Lipinski definition) is 4. The normalized spacial score (nSPS) is 10.3. The molecule has 0 amide bonds. The highest BCUT2D eigenvalue weighted by molar-refractivity contribution is 7.16. The van der Waals surface area contributed by atoms with Gasteiger partial charge in [-0.25, -0.2) is 0 Å². The van der Waals surface area contributed by atoms with E-state index in [9.17, 15) is 4.79 Å². The Morgan fingerprint density at radius 2 is 1.27 bits per heavy atom. The number of nitrogens with zero attached hydrogens (tertiary/aromatic N) is 1. The van der Waals surface area contributed by atoms with Gasteiger partial charge in [0.05, 0.1) is 29.0 Å². The zero-order valence-corrected chi connectivity index (χ0v) is 21.5. The Morgan fingerprint density at radius 3 is 1.73 bits per heavy atom. The number of rotatable bonds is 5. The maximum atomic E-state index is 10.6. The molecule has 2 heterocycles. The van der Waals surface area contributed by atoms with E-state index in [1.807, 2.05) is 36.4 Å². The summed E-state index contributed by atoms with van der Waals surface area (Å²) in [6.45, 7) is 0. The molecule has 0 bridgehead atoms. The van der Waals surface area contributed by atoms with Crippen molar-refractivity contribution in [2.75, 3.05) is 0 Å². The highest BCUT2D eigenvalue weighted by atomic mass is 35.5. The van der Waals surface area contributed by atoms with Gasteiger partial charge >= 0.3 is 5.97 Å². The van der Waals surface area contributed by atoms with Crippen LogP contribution in [0.5, 0.6) is 0 Å². The van der Waals surface area contributed by atoms with Gasteiger partial charge in [-0.3, -0.25) is 4.79 Å². The summed E-state index contributed by atoms with van der Waals surface area (Å²) in [5.41, 5.74) is 1.83. The van der Waals surface area contributed by atoms with Crippen molar-refractivity contribution in [3.05, 3.63) is 90.5 Å². The third-order valence-electron chi connectivity index (χ3n) is 4.30. The molecular formula is C24H15Cl4NO2S2.